The highest BCUT2D eigenvalue weighted by Crippen LogP contribution is 2.28. The van der Waals surface area contributed by atoms with Crippen LogP contribution in [0.25, 0.3) is 0 Å². The summed E-state index contributed by atoms with van der Waals surface area (Å²) in [5.41, 5.74) is 1.36. The topological polar surface area (TPSA) is 78.4 Å². The molecule has 5 heteroatoms. The standard InChI is InChI=1S/C17H24N2O3/c1-11-3-8-14(20)9-15(11)17(22)19-10-12-4-6-13(7-5-12)16(21)18-2/h3,8-9,12-13,20H,4-7,10H2,1-2H3,(H,18,21)(H,19,22). The first kappa shape index (κ1) is 16.3. The number of nitrogens with one attached hydrogen (secondary N) is 2. The van der Waals surface area contributed by atoms with Gasteiger partial charge in [-0.2, -0.15) is 0 Å². The molecule has 2 rings (SSSR count). The van der Waals surface area contributed by atoms with E-state index in [2.05, 4.69) is 10.6 Å². The van der Waals surface area contributed by atoms with Gasteiger partial charge in [-0.3, -0.25) is 9.59 Å². The molecule has 0 radical (unpaired) electrons. The van der Waals surface area contributed by atoms with E-state index >= 15 is 0 Å². The number of phenols is 1. The number of benzene rings is 1. The Bertz CT molecular complexity index is 549. The van der Waals surface area contributed by atoms with E-state index in [1.165, 1.54) is 6.07 Å². The van der Waals surface area contributed by atoms with Gasteiger partial charge >= 0.3 is 0 Å². The van der Waals surface area contributed by atoms with Crippen molar-refractivity contribution in [3.8, 4) is 5.75 Å². The lowest BCUT2D eigenvalue weighted by Gasteiger charge is -2.27. The van der Waals surface area contributed by atoms with Crippen LogP contribution < -0.4 is 10.6 Å². The second kappa shape index (κ2) is 7.29. The maximum absolute atomic E-state index is 12.2. The molecule has 5 nitrogen and oxygen atoms in total. The van der Waals surface area contributed by atoms with Crippen LogP contribution in [0.4, 0.5) is 0 Å². The molecule has 0 unspecified atom stereocenters. The summed E-state index contributed by atoms with van der Waals surface area (Å²) in [5.74, 6) is 0.606. The summed E-state index contributed by atoms with van der Waals surface area (Å²) < 4.78 is 0. The molecule has 0 bridgehead atoms. The minimum atomic E-state index is -0.151. The molecule has 22 heavy (non-hydrogen) atoms. The van der Waals surface area contributed by atoms with Crippen molar-refractivity contribution in [2.45, 2.75) is 32.6 Å². The molecule has 1 aliphatic carbocycles. The first-order valence-electron chi connectivity index (χ1n) is 7.80. The molecule has 3 N–H and O–H groups in total. The Balaban J connectivity index is 1.83. The third-order valence-corrected chi connectivity index (χ3v) is 4.48. The van der Waals surface area contributed by atoms with Crippen molar-refractivity contribution in [2.75, 3.05) is 13.6 Å². The van der Waals surface area contributed by atoms with Gasteiger partial charge in [0.2, 0.25) is 5.91 Å². The van der Waals surface area contributed by atoms with Crippen molar-refractivity contribution in [3.05, 3.63) is 29.3 Å². The quantitative estimate of drug-likeness (QED) is 0.796. The normalized spacial score (nSPS) is 21.2. The van der Waals surface area contributed by atoms with Gasteiger partial charge in [0.15, 0.2) is 0 Å². The molecule has 1 aromatic carbocycles. The second-order valence-corrected chi connectivity index (χ2v) is 6.04. The SMILES string of the molecule is CNC(=O)C1CCC(CNC(=O)c2cc(O)ccc2C)CC1. The molecule has 1 saturated carbocycles. The fraction of sp³-hybridized carbons (Fsp3) is 0.529. The molecule has 0 atom stereocenters. The minimum Gasteiger partial charge on any atom is -0.508 e. The maximum atomic E-state index is 12.2. The van der Waals surface area contributed by atoms with Gasteiger partial charge in [0.25, 0.3) is 5.91 Å². The van der Waals surface area contributed by atoms with E-state index in [0.717, 1.165) is 31.2 Å². The van der Waals surface area contributed by atoms with Gasteiger partial charge in [-0.1, -0.05) is 6.07 Å². The number of rotatable bonds is 4. The average molecular weight is 304 g/mol. The van der Waals surface area contributed by atoms with Crippen molar-refractivity contribution in [1.29, 1.82) is 0 Å². The van der Waals surface area contributed by atoms with Gasteiger partial charge in [-0.15, -0.1) is 0 Å². The third-order valence-electron chi connectivity index (χ3n) is 4.48. The third kappa shape index (κ3) is 4.00. The zero-order valence-electron chi connectivity index (χ0n) is 13.2. The zero-order valence-corrected chi connectivity index (χ0v) is 13.2. The Hall–Kier alpha value is -2.04. The maximum Gasteiger partial charge on any atom is 0.251 e. The predicted molar refractivity (Wildman–Crippen MR) is 84.7 cm³/mol. The lowest BCUT2D eigenvalue weighted by molar-refractivity contribution is -0.125. The number of hydrogen-bond donors (Lipinski definition) is 3. The molecule has 120 valence electrons. The second-order valence-electron chi connectivity index (χ2n) is 6.04. The molecule has 2 amide bonds. The minimum absolute atomic E-state index is 0.0989. The van der Waals surface area contributed by atoms with Crippen molar-refractivity contribution < 1.29 is 14.7 Å². The lowest BCUT2D eigenvalue weighted by atomic mass is 9.81. The Kier molecular flexibility index (Phi) is 5.41. The molecule has 0 saturated heterocycles. The number of carbonyl (C=O) groups excluding carboxylic acids is 2. The molecule has 0 spiro atoms. The summed E-state index contributed by atoms with van der Waals surface area (Å²) in [4.78, 5) is 23.8. The molecule has 1 fully saturated rings. The monoisotopic (exact) mass is 304 g/mol. The molecular weight excluding hydrogens is 280 g/mol. The number of phenolic OH excluding ortho intramolecular Hbond substituents is 1. The van der Waals surface area contributed by atoms with Crippen LogP contribution in [0.3, 0.4) is 0 Å². The molecule has 1 aliphatic rings. The van der Waals surface area contributed by atoms with Crippen LogP contribution in [0.15, 0.2) is 18.2 Å². The Labute approximate surface area is 131 Å². The van der Waals surface area contributed by atoms with E-state index in [-0.39, 0.29) is 23.5 Å². The molecule has 0 aliphatic heterocycles. The first-order valence-corrected chi connectivity index (χ1v) is 7.80. The average Bonchev–Trinajstić information content (AvgIpc) is 2.54. The van der Waals surface area contributed by atoms with Crippen LogP contribution in [0.5, 0.6) is 5.75 Å². The van der Waals surface area contributed by atoms with Crippen LogP contribution in [-0.2, 0) is 4.79 Å². The van der Waals surface area contributed by atoms with Gasteiger partial charge < -0.3 is 15.7 Å². The number of hydrogen-bond acceptors (Lipinski definition) is 3. The van der Waals surface area contributed by atoms with E-state index < -0.39 is 0 Å². The predicted octanol–water partition coefficient (Wildman–Crippen LogP) is 1.98. The summed E-state index contributed by atoms with van der Waals surface area (Å²) in [6.45, 7) is 2.47. The molecule has 1 aromatic rings. The van der Waals surface area contributed by atoms with Crippen LogP contribution in [-0.4, -0.2) is 30.5 Å². The van der Waals surface area contributed by atoms with E-state index in [1.54, 1.807) is 19.2 Å². The molecule has 0 heterocycles. The smallest absolute Gasteiger partial charge is 0.251 e. The van der Waals surface area contributed by atoms with Gasteiger partial charge in [0.1, 0.15) is 5.75 Å². The zero-order chi connectivity index (χ0) is 16.1. The lowest BCUT2D eigenvalue weighted by Crippen LogP contribution is -2.35. The van der Waals surface area contributed by atoms with E-state index in [4.69, 9.17) is 0 Å². The highest BCUT2D eigenvalue weighted by atomic mass is 16.3. The summed E-state index contributed by atoms with van der Waals surface area (Å²) >= 11 is 0. The van der Waals surface area contributed by atoms with Gasteiger partial charge in [-0.25, -0.2) is 0 Å². The van der Waals surface area contributed by atoms with Gasteiger partial charge in [0, 0.05) is 25.1 Å². The number of amides is 2. The summed E-state index contributed by atoms with van der Waals surface area (Å²) in [6, 6.07) is 4.80. The fourth-order valence-corrected chi connectivity index (χ4v) is 3.02. The van der Waals surface area contributed by atoms with Crippen LogP contribution in [0.1, 0.15) is 41.6 Å². The molecule has 0 aromatic heterocycles. The van der Waals surface area contributed by atoms with Crippen molar-refractivity contribution in [3.63, 3.8) is 0 Å². The van der Waals surface area contributed by atoms with Crippen molar-refractivity contribution in [2.24, 2.45) is 11.8 Å². The first-order chi connectivity index (χ1) is 10.5. The summed E-state index contributed by atoms with van der Waals surface area (Å²) in [5, 5.41) is 15.1. The van der Waals surface area contributed by atoms with Gasteiger partial charge in [-0.05, 0) is 56.2 Å². The van der Waals surface area contributed by atoms with E-state index in [1.807, 2.05) is 6.92 Å². The fourth-order valence-electron chi connectivity index (χ4n) is 3.02. The Morgan fingerprint density at radius 3 is 2.55 bits per heavy atom. The van der Waals surface area contributed by atoms with Crippen molar-refractivity contribution >= 4 is 11.8 Å². The Morgan fingerprint density at radius 2 is 1.91 bits per heavy atom. The van der Waals surface area contributed by atoms with Crippen LogP contribution in [0, 0.1) is 18.8 Å². The largest absolute Gasteiger partial charge is 0.508 e. The Morgan fingerprint density at radius 1 is 1.23 bits per heavy atom. The highest BCUT2D eigenvalue weighted by Gasteiger charge is 2.25. The molecular formula is C17H24N2O3. The number of carbonyl (C=O) groups is 2. The van der Waals surface area contributed by atoms with E-state index in [0.29, 0.717) is 18.0 Å². The number of aromatic hydroxyl groups is 1. The number of aryl methyl sites for hydroxylation is 1. The summed E-state index contributed by atoms with van der Waals surface area (Å²) in [7, 11) is 1.67. The summed E-state index contributed by atoms with van der Waals surface area (Å²) in [6.07, 6.45) is 3.67. The van der Waals surface area contributed by atoms with Crippen LogP contribution in [0.2, 0.25) is 0 Å². The van der Waals surface area contributed by atoms with E-state index in [9.17, 15) is 14.7 Å². The van der Waals surface area contributed by atoms with Crippen LogP contribution >= 0.6 is 0 Å². The van der Waals surface area contributed by atoms with Gasteiger partial charge in [0.05, 0.1) is 0 Å². The van der Waals surface area contributed by atoms with Crippen molar-refractivity contribution in [1.82, 2.24) is 10.6 Å². The highest BCUT2D eigenvalue weighted by molar-refractivity contribution is 5.96.